The van der Waals surface area contributed by atoms with Crippen LogP contribution in [0, 0.1) is 11.6 Å². The van der Waals surface area contributed by atoms with Gasteiger partial charge in [-0.2, -0.15) is 0 Å². The van der Waals surface area contributed by atoms with Crippen molar-refractivity contribution in [2.45, 2.75) is 19.8 Å². The van der Waals surface area contributed by atoms with E-state index >= 15 is 0 Å². The predicted molar refractivity (Wildman–Crippen MR) is 110 cm³/mol. The third kappa shape index (κ3) is 3.54. The average molecular weight is 411 g/mol. The van der Waals surface area contributed by atoms with Crippen LogP contribution >= 0.6 is 11.6 Å². The lowest BCUT2D eigenvalue weighted by atomic mass is 9.97. The summed E-state index contributed by atoms with van der Waals surface area (Å²) in [5, 5.41) is 1.11. The van der Waals surface area contributed by atoms with E-state index in [1.807, 2.05) is 19.1 Å². The molecule has 0 saturated heterocycles. The molecular formula is C23H17ClF2N2O. The highest BCUT2D eigenvalue weighted by Crippen LogP contribution is 2.29. The van der Waals surface area contributed by atoms with Crippen molar-refractivity contribution in [3.05, 3.63) is 88.2 Å². The molecule has 0 bridgehead atoms. The molecule has 3 nitrogen and oxygen atoms in total. The van der Waals surface area contributed by atoms with Crippen LogP contribution in [0.1, 0.15) is 34.8 Å². The smallest absolute Gasteiger partial charge is 0.201 e. The van der Waals surface area contributed by atoms with Crippen LogP contribution in [0.25, 0.3) is 22.2 Å². The van der Waals surface area contributed by atoms with Gasteiger partial charge in [-0.25, -0.2) is 13.8 Å². The maximum absolute atomic E-state index is 14.8. The van der Waals surface area contributed by atoms with Crippen molar-refractivity contribution < 1.29 is 13.6 Å². The minimum atomic E-state index is -0.872. The van der Waals surface area contributed by atoms with Gasteiger partial charge in [0.15, 0.2) is 0 Å². The van der Waals surface area contributed by atoms with Crippen molar-refractivity contribution >= 4 is 28.4 Å². The third-order valence-corrected chi connectivity index (χ3v) is 5.12. The van der Waals surface area contributed by atoms with Crippen LogP contribution in [0.5, 0.6) is 0 Å². The molecule has 4 aromatic rings. The standard InChI is InChI=1S/C23H17ClF2N2O/c1-2-3-14-6-9-19(25)20(21(14)26)22(29)18-12-28-23-17(18)10-15(11-27-23)13-4-7-16(24)8-5-13/h4-12H,2-3H2,1H3,(H,27,28). The van der Waals surface area contributed by atoms with Crippen LogP contribution in [0.2, 0.25) is 5.02 Å². The first kappa shape index (κ1) is 19.3. The Hall–Kier alpha value is -3.05. The predicted octanol–water partition coefficient (Wildman–Crippen LogP) is 6.35. The zero-order valence-corrected chi connectivity index (χ0v) is 16.4. The van der Waals surface area contributed by atoms with Crippen LogP contribution in [0.3, 0.4) is 0 Å². The first-order valence-electron chi connectivity index (χ1n) is 9.24. The summed E-state index contributed by atoms with van der Waals surface area (Å²) in [6.45, 7) is 1.90. The highest BCUT2D eigenvalue weighted by atomic mass is 35.5. The van der Waals surface area contributed by atoms with Crippen molar-refractivity contribution in [3.63, 3.8) is 0 Å². The Morgan fingerprint density at radius 3 is 2.59 bits per heavy atom. The summed E-state index contributed by atoms with van der Waals surface area (Å²) < 4.78 is 29.2. The topological polar surface area (TPSA) is 45.8 Å². The molecule has 0 radical (unpaired) electrons. The van der Waals surface area contributed by atoms with Gasteiger partial charge in [0.05, 0.1) is 5.56 Å². The second-order valence-electron chi connectivity index (χ2n) is 6.80. The Bertz CT molecular complexity index is 1220. The number of carbonyl (C=O) groups excluding carboxylic acids is 1. The minimum Gasteiger partial charge on any atom is -0.345 e. The lowest BCUT2D eigenvalue weighted by Gasteiger charge is -2.08. The van der Waals surface area contributed by atoms with Crippen molar-refractivity contribution in [2.24, 2.45) is 0 Å². The highest BCUT2D eigenvalue weighted by molar-refractivity contribution is 6.30. The number of aromatic nitrogens is 2. The molecule has 0 spiro atoms. The number of nitrogens with one attached hydrogen (secondary N) is 1. The van der Waals surface area contributed by atoms with E-state index in [0.29, 0.717) is 34.5 Å². The van der Waals surface area contributed by atoms with E-state index in [0.717, 1.165) is 17.2 Å². The van der Waals surface area contributed by atoms with Crippen molar-refractivity contribution in [1.29, 1.82) is 0 Å². The van der Waals surface area contributed by atoms with E-state index in [2.05, 4.69) is 9.97 Å². The Labute approximate surface area is 171 Å². The summed E-state index contributed by atoms with van der Waals surface area (Å²) in [5.41, 5.74) is 2.08. The number of nitrogens with zero attached hydrogens (tertiary/aromatic N) is 1. The SMILES string of the molecule is CCCc1ccc(F)c(C(=O)c2c[nH]c3ncc(-c4ccc(Cl)cc4)cc23)c1F. The van der Waals surface area contributed by atoms with Gasteiger partial charge in [-0.3, -0.25) is 4.79 Å². The van der Waals surface area contributed by atoms with E-state index in [9.17, 15) is 13.6 Å². The summed E-state index contributed by atoms with van der Waals surface area (Å²) in [6.07, 6.45) is 4.23. The summed E-state index contributed by atoms with van der Waals surface area (Å²) in [4.78, 5) is 20.3. The van der Waals surface area contributed by atoms with E-state index in [1.165, 1.54) is 12.3 Å². The molecule has 4 rings (SSSR count). The van der Waals surface area contributed by atoms with E-state index in [-0.39, 0.29) is 5.56 Å². The van der Waals surface area contributed by atoms with E-state index < -0.39 is 23.0 Å². The van der Waals surface area contributed by atoms with Crippen LogP contribution in [0.4, 0.5) is 8.78 Å². The number of aryl methyl sites for hydroxylation is 1. The first-order valence-corrected chi connectivity index (χ1v) is 9.62. The molecule has 0 saturated carbocycles. The van der Waals surface area contributed by atoms with Gasteiger partial charge in [-0.1, -0.05) is 43.1 Å². The Balaban J connectivity index is 1.82. The zero-order chi connectivity index (χ0) is 20.5. The summed E-state index contributed by atoms with van der Waals surface area (Å²) in [5.74, 6) is -2.38. The molecule has 0 amide bonds. The normalized spacial score (nSPS) is 11.2. The van der Waals surface area contributed by atoms with Crippen LogP contribution in [0.15, 0.2) is 54.9 Å². The Morgan fingerprint density at radius 1 is 1.10 bits per heavy atom. The molecule has 2 aromatic carbocycles. The number of ketones is 1. The number of rotatable bonds is 5. The number of halogens is 3. The number of fused-ring (bicyclic) bond motifs is 1. The molecule has 0 fully saturated rings. The quantitative estimate of drug-likeness (QED) is 0.390. The fourth-order valence-electron chi connectivity index (χ4n) is 3.39. The van der Waals surface area contributed by atoms with Gasteiger partial charge < -0.3 is 4.98 Å². The maximum Gasteiger partial charge on any atom is 0.201 e. The Morgan fingerprint density at radius 2 is 1.86 bits per heavy atom. The first-order chi connectivity index (χ1) is 14.0. The van der Waals surface area contributed by atoms with Crippen molar-refractivity contribution in [2.75, 3.05) is 0 Å². The summed E-state index contributed by atoms with van der Waals surface area (Å²) >= 11 is 5.94. The monoisotopic (exact) mass is 410 g/mol. The zero-order valence-electron chi connectivity index (χ0n) is 15.6. The molecular weight excluding hydrogens is 394 g/mol. The van der Waals surface area contributed by atoms with Gasteiger partial charge in [-0.05, 0) is 41.8 Å². The molecule has 2 heterocycles. The molecule has 146 valence electrons. The second-order valence-corrected chi connectivity index (χ2v) is 7.24. The number of carbonyl (C=O) groups is 1. The number of benzene rings is 2. The summed E-state index contributed by atoms with van der Waals surface area (Å²) in [7, 11) is 0. The summed E-state index contributed by atoms with van der Waals surface area (Å²) in [6, 6.07) is 11.5. The molecule has 1 N–H and O–H groups in total. The lowest BCUT2D eigenvalue weighted by molar-refractivity contribution is 0.103. The van der Waals surface area contributed by atoms with Gasteiger partial charge in [0, 0.05) is 33.9 Å². The third-order valence-electron chi connectivity index (χ3n) is 4.87. The molecule has 0 aliphatic rings. The number of pyridine rings is 1. The van der Waals surface area contributed by atoms with E-state index in [1.54, 1.807) is 24.4 Å². The van der Waals surface area contributed by atoms with Gasteiger partial charge >= 0.3 is 0 Å². The van der Waals surface area contributed by atoms with Crippen molar-refractivity contribution in [1.82, 2.24) is 9.97 Å². The van der Waals surface area contributed by atoms with Crippen LogP contribution in [-0.2, 0) is 6.42 Å². The van der Waals surface area contributed by atoms with Crippen molar-refractivity contribution in [3.8, 4) is 11.1 Å². The number of hydrogen-bond donors (Lipinski definition) is 1. The average Bonchev–Trinajstić information content (AvgIpc) is 3.14. The lowest BCUT2D eigenvalue weighted by Crippen LogP contribution is -2.09. The van der Waals surface area contributed by atoms with Gasteiger partial charge in [-0.15, -0.1) is 0 Å². The van der Waals surface area contributed by atoms with Gasteiger partial charge in [0.2, 0.25) is 5.78 Å². The molecule has 0 aliphatic carbocycles. The van der Waals surface area contributed by atoms with Crippen LogP contribution < -0.4 is 0 Å². The minimum absolute atomic E-state index is 0.176. The van der Waals surface area contributed by atoms with Gasteiger partial charge in [0.1, 0.15) is 17.3 Å². The van der Waals surface area contributed by atoms with Gasteiger partial charge in [0.25, 0.3) is 0 Å². The maximum atomic E-state index is 14.8. The molecule has 0 unspecified atom stereocenters. The molecule has 2 aromatic heterocycles. The largest absolute Gasteiger partial charge is 0.345 e. The molecule has 0 atom stereocenters. The molecule has 0 aliphatic heterocycles. The van der Waals surface area contributed by atoms with E-state index in [4.69, 9.17) is 11.6 Å². The number of hydrogen-bond acceptors (Lipinski definition) is 2. The van der Waals surface area contributed by atoms with Crippen LogP contribution in [-0.4, -0.2) is 15.8 Å². The Kier molecular flexibility index (Phi) is 5.16. The fourth-order valence-corrected chi connectivity index (χ4v) is 3.52. The molecule has 29 heavy (non-hydrogen) atoms. The fraction of sp³-hybridized carbons (Fsp3) is 0.130. The molecule has 6 heteroatoms. The number of H-pyrrole nitrogens is 1. The highest BCUT2D eigenvalue weighted by Gasteiger charge is 2.24. The second kappa shape index (κ2) is 7.76. The number of aromatic amines is 1.